The van der Waals surface area contributed by atoms with Crippen molar-refractivity contribution in [3.63, 3.8) is 0 Å². The molecule has 0 saturated carbocycles. The Morgan fingerprint density at radius 2 is 0.518 bits per heavy atom. The first kappa shape index (κ1) is 78.8. The van der Waals surface area contributed by atoms with Crippen molar-refractivity contribution in [2.24, 2.45) is 0 Å². The Hall–Kier alpha value is -4.19. The van der Waals surface area contributed by atoms with Crippen LogP contribution in [0, 0.1) is 0 Å². The lowest BCUT2D eigenvalue weighted by molar-refractivity contribution is -0.166. The van der Waals surface area contributed by atoms with Crippen molar-refractivity contribution >= 4 is 17.9 Å². The standard InChI is InChI=1S/C77H130O6/c1-4-7-10-13-16-19-22-25-28-30-32-34-36-37-38-39-41-42-44-46-49-52-55-58-61-64-67-70-76(79)82-73-74(72-81-75(78)69-66-63-60-57-54-51-48-27-24-21-18-15-12-9-6-3)83-77(80)71-68-65-62-59-56-53-50-47-45-43-40-35-33-31-29-26-23-20-17-14-11-8-5-2/h7,9-10,12,16,18-19,21,25,27-28,32,34,37-38,48,54,57,63,66,74H,4-6,8,11,13-15,17,20,22-24,26,29-31,33,35-36,39-47,49-53,55-56,58-62,64-65,67-73H2,1-3H3/b10-7-,12-9-,19-16-,21-18-,28-25-,34-32-,38-37-,48-27-,57-54-,66-63-. The number of hydrogen-bond acceptors (Lipinski definition) is 6. The van der Waals surface area contributed by atoms with Gasteiger partial charge in [0.15, 0.2) is 6.10 Å². The molecule has 474 valence electrons. The highest BCUT2D eigenvalue weighted by molar-refractivity contribution is 5.72. The van der Waals surface area contributed by atoms with Crippen LogP contribution in [0.1, 0.15) is 329 Å². The van der Waals surface area contributed by atoms with E-state index in [1.807, 2.05) is 6.08 Å². The van der Waals surface area contributed by atoms with Crippen LogP contribution in [0.2, 0.25) is 0 Å². The molecule has 0 aliphatic carbocycles. The predicted octanol–water partition coefficient (Wildman–Crippen LogP) is 24.3. The minimum atomic E-state index is -0.822. The van der Waals surface area contributed by atoms with E-state index in [0.717, 1.165) is 103 Å². The maximum absolute atomic E-state index is 13.0. The van der Waals surface area contributed by atoms with Crippen molar-refractivity contribution in [3.8, 4) is 0 Å². The lowest BCUT2D eigenvalue weighted by Crippen LogP contribution is -2.30. The van der Waals surface area contributed by atoms with Crippen molar-refractivity contribution in [2.45, 2.75) is 335 Å². The molecule has 0 bridgehead atoms. The minimum absolute atomic E-state index is 0.109. The minimum Gasteiger partial charge on any atom is -0.462 e. The fourth-order valence-electron chi connectivity index (χ4n) is 9.84. The highest BCUT2D eigenvalue weighted by Gasteiger charge is 2.19. The molecule has 0 aliphatic heterocycles. The molecule has 0 aromatic heterocycles. The van der Waals surface area contributed by atoms with Gasteiger partial charge in [-0.25, -0.2) is 0 Å². The van der Waals surface area contributed by atoms with E-state index >= 15 is 0 Å². The molecule has 83 heavy (non-hydrogen) atoms. The number of esters is 3. The van der Waals surface area contributed by atoms with Gasteiger partial charge in [-0.2, -0.15) is 0 Å². The molecule has 1 unspecified atom stereocenters. The Balaban J connectivity index is 4.37. The highest BCUT2D eigenvalue weighted by atomic mass is 16.6. The topological polar surface area (TPSA) is 78.9 Å². The van der Waals surface area contributed by atoms with Gasteiger partial charge in [0.2, 0.25) is 0 Å². The maximum atomic E-state index is 13.0. The largest absolute Gasteiger partial charge is 0.462 e. The van der Waals surface area contributed by atoms with E-state index in [1.54, 1.807) is 6.08 Å². The Morgan fingerprint density at radius 3 is 0.843 bits per heavy atom. The second-order valence-electron chi connectivity index (χ2n) is 23.1. The third kappa shape index (κ3) is 68.5. The molecule has 0 radical (unpaired) electrons. The fourth-order valence-corrected chi connectivity index (χ4v) is 9.84. The van der Waals surface area contributed by atoms with Crippen LogP contribution in [-0.4, -0.2) is 37.2 Å². The zero-order chi connectivity index (χ0) is 59.9. The number of carbonyl (C=O) groups excluding carboxylic acids is 3. The van der Waals surface area contributed by atoms with Gasteiger partial charge >= 0.3 is 17.9 Å². The molecule has 0 N–H and O–H groups in total. The zero-order valence-electron chi connectivity index (χ0n) is 54.4. The molecule has 6 nitrogen and oxygen atoms in total. The molecule has 0 fully saturated rings. The first-order valence-corrected chi connectivity index (χ1v) is 35.0. The van der Waals surface area contributed by atoms with Crippen molar-refractivity contribution in [1.82, 2.24) is 0 Å². The molecular weight excluding hydrogens is 1020 g/mol. The quantitative estimate of drug-likeness (QED) is 0.0261. The van der Waals surface area contributed by atoms with Gasteiger partial charge in [-0.15, -0.1) is 0 Å². The summed E-state index contributed by atoms with van der Waals surface area (Å²) in [5.41, 5.74) is 0. The van der Waals surface area contributed by atoms with Crippen molar-refractivity contribution < 1.29 is 28.6 Å². The van der Waals surface area contributed by atoms with Crippen molar-refractivity contribution in [3.05, 3.63) is 122 Å². The summed E-state index contributed by atoms with van der Waals surface area (Å²) in [6, 6.07) is 0. The van der Waals surface area contributed by atoms with Crippen LogP contribution in [0.5, 0.6) is 0 Å². The van der Waals surface area contributed by atoms with E-state index in [9.17, 15) is 14.4 Å². The van der Waals surface area contributed by atoms with Gasteiger partial charge in [-0.1, -0.05) is 341 Å². The summed E-state index contributed by atoms with van der Waals surface area (Å²) in [6.07, 6.45) is 98.3. The van der Waals surface area contributed by atoms with Crippen molar-refractivity contribution in [2.75, 3.05) is 13.2 Å². The molecule has 0 saturated heterocycles. The molecule has 0 rings (SSSR count). The molecular formula is C77H130O6. The first-order valence-electron chi connectivity index (χ1n) is 35.0. The van der Waals surface area contributed by atoms with Crippen LogP contribution in [0.15, 0.2) is 122 Å². The molecule has 0 aromatic rings. The Morgan fingerprint density at radius 1 is 0.265 bits per heavy atom. The van der Waals surface area contributed by atoms with Gasteiger partial charge in [0.25, 0.3) is 0 Å². The van der Waals surface area contributed by atoms with Crippen LogP contribution < -0.4 is 0 Å². The second kappa shape index (κ2) is 70.3. The number of unbranched alkanes of at least 4 members (excludes halogenated alkanes) is 33. The third-order valence-corrected chi connectivity index (χ3v) is 15.0. The normalized spacial score (nSPS) is 12.9. The van der Waals surface area contributed by atoms with Crippen LogP contribution in [-0.2, 0) is 28.6 Å². The van der Waals surface area contributed by atoms with Crippen LogP contribution in [0.25, 0.3) is 0 Å². The van der Waals surface area contributed by atoms with Crippen LogP contribution in [0.4, 0.5) is 0 Å². The molecule has 6 heteroatoms. The summed E-state index contributed by atoms with van der Waals surface area (Å²) in [5, 5.41) is 0. The van der Waals surface area contributed by atoms with E-state index < -0.39 is 12.1 Å². The molecule has 0 heterocycles. The highest BCUT2D eigenvalue weighted by Crippen LogP contribution is 2.18. The van der Waals surface area contributed by atoms with E-state index in [2.05, 4.69) is 130 Å². The summed E-state index contributed by atoms with van der Waals surface area (Å²) in [4.78, 5) is 38.4. The fraction of sp³-hybridized carbons (Fsp3) is 0.701. The van der Waals surface area contributed by atoms with E-state index in [4.69, 9.17) is 14.2 Å². The first-order chi connectivity index (χ1) is 41.0. The summed E-state index contributed by atoms with van der Waals surface area (Å²) < 4.78 is 16.9. The number of rotatable bonds is 63. The van der Waals surface area contributed by atoms with E-state index in [0.29, 0.717) is 12.8 Å². The molecule has 0 amide bonds. The zero-order valence-corrected chi connectivity index (χ0v) is 54.4. The smallest absolute Gasteiger partial charge is 0.309 e. The lowest BCUT2D eigenvalue weighted by atomic mass is 10.0. The molecule has 0 aliphatic rings. The Kier molecular flexibility index (Phi) is 66.7. The van der Waals surface area contributed by atoms with Gasteiger partial charge in [0.05, 0.1) is 6.42 Å². The summed E-state index contributed by atoms with van der Waals surface area (Å²) in [6.45, 7) is 6.36. The van der Waals surface area contributed by atoms with E-state index in [1.165, 1.54) is 186 Å². The number of carbonyl (C=O) groups is 3. The monoisotopic (exact) mass is 1150 g/mol. The lowest BCUT2D eigenvalue weighted by Gasteiger charge is -2.18. The third-order valence-electron chi connectivity index (χ3n) is 15.0. The van der Waals surface area contributed by atoms with Gasteiger partial charge < -0.3 is 14.2 Å². The number of hydrogen-bond donors (Lipinski definition) is 0. The molecule has 1 atom stereocenters. The predicted molar refractivity (Wildman–Crippen MR) is 362 cm³/mol. The van der Waals surface area contributed by atoms with Gasteiger partial charge in [-0.3, -0.25) is 14.4 Å². The number of allylic oxidation sites excluding steroid dienone is 19. The van der Waals surface area contributed by atoms with Gasteiger partial charge in [0.1, 0.15) is 13.2 Å². The number of ether oxygens (including phenoxy) is 3. The van der Waals surface area contributed by atoms with Crippen LogP contribution >= 0.6 is 0 Å². The summed E-state index contributed by atoms with van der Waals surface area (Å²) >= 11 is 0. The SMILES string of the molecule is CC/C=C\C/C=C\C/C=C\C/C=C\C/C=C\CCCCCCCCCCCCCC(=O)OCC(COC(=O)C/C=C\C/C=C\C/C=C\C/C=C\C/C=C\CC)OC(=O)CCCCCCCCCCCCCCCCCCCCCCCCC. The van der Waals surface area contributed by atoms with E-state index in [-0.39, 0.29) is 31.6 Å². The van der Waals surface area contributed by atoms with Gasteiger partial charge in [0, 0.05) is 12.8 Å². The average molecular weight is 1150 g/mol. The molecule has 0 spiro atoms. The second-order valence-corrected chi connectivity index (χ2v) is 23.1. The Labute approximate surface area is 513 Å². The maximum Gasteiger partial charge on any atom is 0.309 e. The summed E-state index contributed by atoms with van der Waals surface area (Å²) in [5.74, 6) is -1.03. The van der Waals surface area contributed by atoms with Gasteiger partial charge in [-0.05, 0) is 89.9 Å². The van der Waals surface area contributed by atoms with Crippen LogP contribution in [0.3, 0.4) is 0 Å². The average Bonchev–Trinajstić information content (AvgIpc) is 3.49. The Bertz CT molecular complexity index is 1700. The summed E-state index contributed by atoms with van der Waals surface area (Å²) in [7, 11) is 0. The molecule has 0 aromatic carbocycles. The van der Waals surface area contributed by atoms with Crippen molar-refractivity contribution in [1.29, 1.82) is 0 Å².